The Hall–Kier alpha value is -2.48. The van der Waals surface area contributed by atoms with Crippen molar-refractivity contribution >= 4 is 0 Å². The van der Waals surface area contributed by atoms with E-state index in [4.69, 9.17) is 4.98 Å². The van der Waals surface area contributed by atoms with E-state index in [9.17, 15) is 0 Å². The Morgan fingerprint density at radius 1 is 0.667 bits per heavy atom. The van der Waals surface area contributed by atoms with Crippen LogP contribution in [-0.4, -0.2) is 9.97 Å². The smallest absolute Gasteiger partial charge is 0.126 e. The standard InChI is InChI=1S/C22H24N2/c1-15-20(17-9-7-6-8-10-17)23-16(2)24-21(15)18-11-13-19(14-12-18)22(3,4)5/h6-14H,1-5H3. The van der Waals surface area contributed by atoms with E-state index < -0.39 is 0 Å². The topological polar surface area (TPSA) is 25.8 Å². The predicted octanol–water partition coefficient (Wildman–Crippen LogP) is 5.72. The van der Waals surface area contributed by atoms with E-state index in [-0.39, 0.29) is 5.41 Å². The molecule has 2 heteroatoms. The fourth-order valence-corrected chi connectivity index (χ4v) is 2.91. The third kappa shape index (κ3) is 3.23. The van der Waals surface area contributed by atoms with Gasteiger partial charge in [0.2, 0.25) is 0 Å². The van der Waals surface area contributed by atoms with Crippen LogP contribution in [0.3, 0.4) is 0 Å². The minimum absolute atomic E-state index is 0.157. The van der Waals surface area contributed by atoms with Crippen molar-refractivity contribution in [1.29, 1.82) is 0 Å². The molecule has 2 nitrogen and oxygen atoms in total. The maximum Gasteiger partial charge on any atom is 0.126 e. The molecule has 122 valence electrons. The minimum atomic E-state index is 0.157. The molecule has 0 spiro atoms. The highest BCUT2D eigenvalue weighted by molar-refractivity contribution is 5.73. The van der Waals surface area contributed by atoms with Crippen molar-refractivity contribution in [2.45, 2.75) is 40.0 Å². The molecule has 0 saturated heterocycles. The van der Waals surface area contributed by atoms with Crippen molar-refractivity contribution < 1.29 is 0 Å². The monoisotopic (exact) mass is 316 g/mol. The van der Waals surface area contributed by atoms with Crippen LogP contribution in [0.25, 0.3) is 22.5 Å². The first-order chi connectivity index (χ1) is 11.4. The molecule has 0 aliphatic heterocycles. The van der Waals surface area contributed by atoms with E-state index in [0.29, 0.717) is 0 Å². The maximum absolute atomic E-state index is 4.71. The van der Waals surface area contributed by atoms with Crippen molar-refractivity contribution in [1.82, 2.24) is 9.97 Å². The molecule has 1 aromatic heterocycles. The molecule has 0 aliphatic carbocycles. The summed E-state index contributed by atoms with van der Waals surface area (Å²) in [6.07, 6.45) is 0. The number of aromatic nitrogens is 2. The summed E-state index contributed by atoms with van der Waals surface area (Å²) in [5, 5.41) is 0. The predicted molar refractivity (Wildman–Crippen MR) is 101 cm³/mol. The molecule has 0 amide bonds. The number of benzene rings is 2. The minimum Gasteiger partial charge on any atom is -0.233 e. The number of rotatable bonds is 2. The Balaban J connectivity index is 2.11. The summed E-state index contributed by atoms with van der Waals surface area (Å²) < 4.78 is 0. The van der Waals surface area contributed by atoms with E-state index in [1.807, 2.05) is 25.1 Å². The molecule has 0 unspecified atom stereocenters. The Morgan fingerprint density at radius 2 is 1.17 bits per heavy atom. The molecule has 1 heterocycles. The number of nitrogens with zero attached hydrogens (tertiary/aromatic N) is 2. The van der Waals surface area contributed by atoms with Crippen LogP contribution in [0.2, 0.25) is 0 Å². The second-order valence-corrected chi connectivity index (χ2v) is 7.29. The molecular weight excluding hydrogens is 292 g/mol. The summed E-state index contributed by atoms with van der Waals surface area (Å²) in [5.74, 6) is 0.800. The van der Waals surface area contributed by atoms with Gasteiger partial charge in [0.05, 0.1) is 11.4 Å². The van der Waals surface area contributed by atoms with Gasteiger partial charge >= 0.3 is 0 Å². The second-order valence-electron chi connectivity index (χ2n) is 7.29. The van der Waals surface area contributed by atoms with Gasteiger partial charge in [-0.05, 0) is 24.8 Å². The van der Waals surface area contributed by atoms with Crippen LogP contribution < -0.4 is 0 Å². The Bertz CT molecular complexity index is 842. The fourth-order valence-electron chi connectivity index (χ4n) is 2.91. The highest BCUT2D eigenvalue weighted by atomic mass is 14.9. The van der Waals surface area contributed by atoms with Gasteiger partial charge in [-0.3, -0.25) is 0 Å². The van der Waals surface area contributed by atoms with Crippen molar-refractivity contribution in [2.24, 2.45) is 0 Å². The number of hydrogen-bond acceptors (Lipinski definition) is 2. The molecule has 0 N–H and O–H groups in total. The van der Waals surface area contributed by atoms with Gasteiger partial charge in [-0.15, -0.1) is 0 Å². The van der Waals surface area contributed by atoms with E-state index in [0.717, 1.165) is 33.9 Å². The summed E-state index contributed by atoms with van der Waals surface area (Å²) in [6, 6.07) is 19.1. The molecule has 2 aromatic carbocycles. The third-order valence-corrected chi connectivity index (χ3v) is 4.33. The first kappa shape index (κ1) is 16.4. The molecule has 3 aromatic rings. The molecular formula is C22H24N2. The highest BCUT2D eigenvalue weighted by Crippen LogP contribution is 2.30. The normalized spacial score (nSPS) is 11.5. The van der Waals surface area contributed by atoms with Crippen LogP contribution in [0.4, 0.5) is 0 Å². The maximum atomic E-state index is 4.71. The molecule has 0 radical (unpaired) electrons. The lowest BCUT2D eigenvalue weighted by molar-refractivity contribution is 0.590. The SMILES string of the molecule is Cc1nc(-c2ccccc2)c(C)c(-c2ccc(C(C)(C)C)cc2)n1. The van der Waals surface area contributed by atoms with Crippen molar-refractivity contribution in [3.05, 3.63) is 71.5 Å². The van der Waals surface area contributed by atoms with Crippen LogP contribution in [0, 0.1) is 13.8 Å². The fraction of sp³-hybridized carbons (Fsp3) is 0.273. The Labute approximate surface area is 144 Å². The molecule has 0 bridgehead atoms. The van der Waals surface area contributed by atoms with Crippen LogP contribution in [0.15, 0.2) is 54.6 Å². The Kier molecular flexibility index (Phi) is 4.23. The molecule has 0 saturated carbocycles. The quantitative estimate of drug-likeness (QED) is 0.604. The first-order valence-corrected chi connectivity index (χ1v) is 8.38. The van der Waals surface area contributed by atoms with Crippen LogP contribution in [-0.2, 0) is 5.41 Å². The van der Waals surface area contributed by atoms with Crippen molar-refractivity contribution in [2.75, 3.05) is 0 Å². The lowest BCUT2D eigenvalue weighted by atomic mass is 9.86. The zero-order chi connectivity index (χ0) is 17.3. The third-order valence-electron chi connectivity index (χ3n) is 4.33. The summed E-state index contributed by atoms with van der Waals surface area (Å²) in [7, 11) is 0. The largest absolute Gasteiger partial charge is 0.233 e. The summed E-state index contributed by atoms with van der Waals surface area (Å²) >= 11 is 0. The van der Waals surface area contributed by atoms with Gasteiger partial charge in [-0.2, -0.15) is 0 Å². The van der Waals surface area contributed by atoms with E-state index >= 15 is 0 Å². The lowest BCUT2D eigenvalue weighted by Gasteiger charge is -2.19. The van der Waals surface area contributed by atoms with Gasteiger partial charge in [0, 0.05) is 16.7 Å². The Morgan fingerprint density at radius 3 is 1.67 bits per heavy atom. The first-order valence-electron chi connectivity index (χ1n) is 8.38. The van der Waals surface area contributed by atoms with Crippen LogP contribution in [0.1, 0.15) is 37.7 Å². The summed E-state index contributed by atoms with van der Waals surface area (Å²) in [6.45, 7) is 10.8. The van der Waals surface area contributed by atoms with Gasteiger partial charge in [0.1, 0.15) is 5.82 Å². The van der Waals surface area contributed by atoms with Crippen LogP contribution in [0.5, 0.6) is 0 Å². The van der Waals surface area contributed by atoms with E-state index in [1.165, 1.54) is 5.56 Å². The van der Waals surface area contributed by atoms with Crippen molar-refractivity contribution in [3.63, 3.8) is 0 Å². The number of aryl methyl sites for hydroxylation is 1. The summed E-state index contributed by atoms with van der Waals surface area (Å²) in [4.78, 5) is 9.38. The van der Waals surface area contributed by atoms with Crippen LogP contribution >= 0.6 is 0 Å². The van der Waals surface area contributed by atoms with E-state index in [1.54, 1.807) is 0 Å². The molecule has 24 heavy (non-hydrogen) atoms. The van der Waals surface area contributed by atoms with Gasteiger partial charge in [-0.1, -0.05) is 75.4 Å². The molecule has 0 fully saturated rings. The average molecular weight is 316 g/mol. The van der Waals surface area contributed by atoms with Crippen molar-refractivity contribution in [3.8, 4) is 22.5 Å². The molecule has 3 rings (SSSR count). The zero-order valence-electron chi connectivity index (χ0n) is 15.1. The van der Waals surface area contributed by atoms with E-state index in [2.05, 4.69) is 69.1 Å². The molecule has 0 aliphatic rings. The van der Waals surface area contributed by atoms with Gasteiger partial charge in [-0.25, -0.2) is 9.97 Å². The zero-order valence-corrected chi connectivity index (χ0v) is 15.1. The molecule has 0 atom stereocenters. The second kappa shape index (κ2) is 6.20. The van der Waals surface area contributed by atoms with Gasteiger partial charge < -0.3 is 0 Å². The number of hydrogen-bond donors (Lipinski definition) is 0. The van der Waals surface area contributed by atoms with Gasteiger partial charge in [0.15, 0.2) is 0 Å². The lowest BCUT2D eigenvalue weighted by Crippen LogP contribution is -2.10. The summed E-state index contributed by atoms with van der Waals surface area (Å²) in [5.41, 5.74) is 6.91. The highest BCUT2D eigenvalue weighted by Gasteiger charge is 2.15. The van der Waals surface area contributed by atoms with Gasteiger partial charge in [0.25, 0.3) is 0 Å². The average Bonchev–Trinajstić information content (AvgIpc) is 2.57.